The van der Waals surface area contributed by atoms with E-state index in [2.05, 4.69) is 29.3 Å². The fourth-order valence-corrected chi connectivity index (χ4v) is 3.61. The van der Waals surface area contributed by atoms with Crippen LogP contribution < -0.4 is 14.9 Å². The van der Waals surface area contributed by atoms with Gasteiger partial charge in [-0.15, -0.1) is 0 Å². The molecule has 0 radical (unpaired) electrons. The number of nitrogens with zero attached hydrogens (tertiary/aromatic N) is 2. The normalized spacial score (nSPS) is 14.5. The predicted octanol–water partition coefficient (Wildman–Crippen LogP) is 1.52. The molecule has 2 heterocycles. The van der Waals surface area contributed by atoms with E-state index in [4.69, 9.17) is 0 Å². The topological polar surface area (TPSA) is 34.4 Å². The third-order valence-electron chi connectivity index (χ3n) is 3.57. The van der Waals surface area contributed by atoms with Gasteiger partial charge in [0, 0.05) is 6.54 Å². The molecular weight excluding hydrogens is 268 g/mol. The van der Waals surface area contributed by atoms with Crippen LogP contribution in [0.4, 0.5) is 0 Å². The van der Waals surface area contributed by atoms with Gasteiger partial charge in [0.15, 0.2) is 4.80 Å². The van der Waals surface area contributed by atoms with E-state index in [0.717, 1.165) is 21.4 Å². The summed E-state index contributed by atoms with van der Waals surface area (Å²) in [6, 6.07) is 14.4. The third kappa shape index (κ3) is 1.72. The molecule has 4 heteroatoms. The van der Waals surface area contributed by atoms with Gasteiger partial charge in [-0.05, 0) is 22.4 Å². The Hall–Kier alpha value is -2.20. The zero-order valence-electron chi connectivity index (χ0n) is 10.7. The second kappa shape index (κ2) is 4.42. The molecule has 0 spiro atoms. The fraction of sp³-hybridized carbons (Fsp3) is 0.125. The molecule has 0 atom stereocenters. The van der Waals surface area contributed by atoms with E-state index in [1.807, 2.05) is 24.3 Å². The Morgan fingerprint density at radius 3 is 2.90 bits per heavy atom. The van der Waals surface area contributed by atoms with Gasteiger partial charge in [-0.1, -0.05) is 53.8 Å². The second-order valence-corrected chi connectivity index (χ2v) is 5.81. The SMILES string of the molecule is O=c1/c(=C\c2cccc3ccccc23)sc2n1CCN=2. The van der Waals surface area contributed by atoms with E-state index in [-0.39, 0.29) is 5.56 Å². The smallest absolute Gasteiger partial charge is 0.270 e. The summed E-state index contributed by atoms with van der Waals surface area (Å²) in [5, 5.41) is 2.36. The molecule has 2 aromatic carbocycles. The van der Waals surface area contributed by atoms with E-state index >= 15 is 0 Å². The van der Waals surface area contributed by atoms with Gasteiger partial charge >= 0.3 is 0 Å². The predicted molar refractivity (Wildman–Crippen MR) is 81.7 cm³/mol. The average molecular weight is 280 g/mol. The Bertz CT molecular complexity index is 976. The highest BCUT2D eigenvalue weighted by molar-refractivity contribution is 7.07. The number of rotatable bonds is 1. The molecule has 0 saturated carbocycles. The van der Waals surface area contributed by atoms with Crippen LogP contribution >= 0.6 is 11.3 Å². The van der Waals surface area contributed by atoms with Gasteiger partial charge in [0.25, 0.3) is 5.56 Å². The monoisotopic (exact) mass is 280 g/mol. The van der Waals surface area contributed by atoms with Crippen LogP contribution in [0.1, 0.15) is 5.56 Å². The maximum atomic E-state index is 12.3. The van der Waals surface area contributed by atoms with Crippen LogP contribution in [0.2, 0.25) is 0 Å². The maximum absolute atomic E-state index is 12.3. The first-order valence-corrected chi connectivity index (χ1v) is 7.38. The van der Waals surface area contributed by atoms with Gasteiger partial charge in [-0.2, -0.15) is 0 Å². The van der Waals surface area contributed by atoms with Crippen molar-refractivity contribution in [3.63, 3.8) is 0 Å². The lowest BCUT2D eigenvalue weighted by Gasteiger charge is -2.00. The summed E-state index contributed by atoms with van der Waals surface area (Å²) >= 11 is 1.48. The molecule has 1 aliphatic rings. The van der Waals surface area contributed by atoms with E-state index in [1.54, 1.807) is 4.57 Å². The number of aromatic nitrogens is 1. The molecule has 0 N–H and O–H groups in total. The molecule has 20 heavy (non-hydrogen) atoms. The number of hydrogen-bond acceptors (Lipinski definition) is 3. The van der Waals surface area contributed by atoms with Crippen molar-refractivity contribution < 1.29 is 0 Å². The van der Waals surface area contributed by atoms with Crippen molar-refractivity contribution >= 4 is 28.2 Å². The van der Waals surface area contributed by atoms with Crippen LogP contribution in [-0.4, -0.2) is 11.1 Å². The molecule has 1 aliphatic heterocycles. The van der Waals surface area contributed by atoms with E-state index in [1.165, 1.54) is 22.1 Å². The van der Waals surface area contributed by atoms with E-state index in [0.29, 0.717) is 6.54 Å². The van der Waals surface area contributed by atoms with Crippen molar-refractivity contribution in [2.45, 2.75) is 6.54 Å². The Balaban J connectivity index is 2.02. The number of fused-ring (bicyclic) bond motifs is 2. The molecular formula is C16H12N2OS. The first-order valence-electron chi connectivity index (χ1n) is 6.56. The Kier molecular flexibility index (Phi) is 2.57. The summed E-state index contributed by atoms with van der Waals surface area (Å²) in [6.45, 7) is 1.45. The summed E-state index contributed by atoms with van der Waals surface area (Å²) in [5.74, 6) is 0. The minimum absolute atomic E-state index is 0.0826. The van der Waals surface area contributed by atoms with Gasteiger partial charge in [0.1, 0.15) is 0 Å². The largest absolute Gasteiger partial charge is 0.282 e. The van der Waals surface area contributed by atoms with Crippen LogP contribution in [0.5, 0.6) is 0 Å². The lowest BCUT2D eigenvalue weighted by atomic mass is 10.0. The molecule has 0 fully saturated rings. The summed E-state index contributed by atoms with van der Waals surface area (Å²) < 4.78 is 2.53. The highest BCUT2D eigenvalue weighted by atomic mass is 32.1. The van der Waals surface area contributed by atoms with E-state index in [9.17, 15) is 4.79 Å². The lowest BCUT2D eigenvalue weighted by molar-refractivity contribution is 0.740. The number of thiazole rings is 1. The molecule has 0 saturated heterocycles. The van der Waals surface area contributed by atoms with Gasteiger partial charge in [0.05, 0.1) is 11.1 Å². The van der Waals surface area contributed by atoms with Crippen LogP contribution in [-0.2, 0) is 6.54 Å². The number of benzene rings is 2. The molecule has 98 valence electrons. The van der Waals surface area contributed by atoms with Crippen LogP contribution in [0.3, 0.4) is 0 Å². The highest BCUT2D eigenvalue weighted by Crippen LogP contribution is 2.18. The molecule has 0 unspecified atom stereocenters. The Morgan fingerprint density at radius 1 is 1.15 bits per heavy atom. The molecule has 1 aromatic heterocycles. The molecule has 0 bridgehead atoms. The molecule has 3 nitrogen and oxygen atoms in total. The molecule has 3 aromatic rings. The fourth-order valence-electron chi connectivity index (χ4n) is 2.59. The maximum Gasteiger partial charge on any atom is 0.270 e. The molecule has 0 aliphatic carbocycles. The summed E-state index contributed by atoms with van der Waals surface area (Å²) in [5.41, 5.74) is 1.17. The van der Waals surface area contributed by atoms with Gasteiger partial charge in [-0.25, -0.2) is 0 Å². The summed E-state index contributed by atoms with van der Waals surface area (Å²) in [4.78, 5) is 17.5. The van der Waals surface area contributed by atoms with Gasteiger partial charge in [-0.3, -0.25) is 14.4 Å². The first-order chi connectivity index (χ1) is 9.83. The lowest BCUT2D eigenvalue weighted by Crippen LogP contribution is -2.29. The van der Waals surface area contributed by atoms with Crippen molar-refractivity contribution in [3.8, 4) is 0 Å². The van der Waals surface area contributed by atoms with Crippen molar-refractivity contribution in [1.82, 2.24) is 4.57 Å². The number of hydrogen-bond donors (Lipinski definition) is 0. The second-order valence-electron chi connectivity index (χ2n) is 4.80. The van der Waals surface area contributed by atoms with Gasteiger partial charge in [0.2, 0.25) is 0 Å². The third-order valence-corrected chi connectivity index (χ3v) is 4.61. The highest BCUT2D eigenvalue weighted by Gasteiger charge is 2.09. The van der Waals surface area contributed by atoms with Crippen molar-refractivity contribution in [1.29, 1.82) is 0 Å². The van der Waals surface area contributed by atoms with Crippen molar-refractivity contribution in [2.75, 3.05) is 6.54 Å². The summed E-state index contributed by atoms with van der Waals surface area (Å²) in [7, 11) is 0. The molecule has 4 rings (SSSR count). The van der Waals surface area contributed by atoms with Crippen LogP contribution in [0.15, 0.2) is 52.3 Å². The minimum atomic E-state index is 0.0826. The Labute approximate surface area is 119 Å². The van der Waals surface area contributed by atoms with Crippen LogP contribution in [0.25, 0.3) is 16.8 Å². The van der Waals surface area contributed by atoms with Crippen molar-refractivity contribution in [3.05, 3.63) is 67.7 Å². The van der Waals surface area contributed by atoms with E-state index < -0.39 is 0 Å². The molecule has 0 amide bonds. The Morgan fingerprint density at radius 2 is 2.00 bits per heavy atom. The standard InChI is InChI=1S/C16H12N2OS/c19-15-14(20-16-17-8-9-18(15)16)10-12-6-3-5-11-4-1-2-7-13(11)12/h1-7,10H,8-9H2/b14-10+. The average Bonchev–Trinajstić information content (AvgIpc) is 3.04. The quantitative estimate of drug-likeness (QED) is 0.665. The van der Waals surface area contributed by atoms with Crippen molar-refractivity contribution in [2.24, 2.45) is 4.99 Å². The first kappa shape index (κ1) is 11.6. The zero-order valence-corrected chi connectivity index (χ0v) is 11.6. The minimum Gasteiger partial charge on any atom is -0.282 e. The summed E-state index contributed by atoms with van der Waals surface area (Å²) in [6.07, 6.45) is 1.98. The van der Waals surface area contributed by atoms with Crippen LogP contribution in [0, 0.1) is 0 Å². The zero-order chi connectivity index (χ0) is 13.5. The van der Waals surface area contributed by atoms with Gasteiger partial charge < -0.3 is 0 Å².